The SMILES string of the molecule is N#Cc1ccc2c(c1)c1ccc(C#N)cc1n2-c1ccccc1-c1ccc(-c2ccc(-n3c4ccccc4c4ccccc43)c(C#N)c2)cc1. The van der Waals surface area contributed by atoms with Gasteiger partial charge in [0.05, 0.1) is 62.3 Å². The molecule has 0 spiro atoms. The summed E-state index contributed by atoms with van der Waals surface area (Å²) in [6, 6.07) is 57.9. The van der Waals surface area contributed by atoms with E-state index in [0.717, 1.165) is 77.2 Å². The molecule has 50 heavy (non-hydrogen) atoms. The van der Waals surface area contributed by atoms with Crippen molar-refractivity contribution < 1.29 is 0 Å². The molecule has 0 N–H and O–H groups in total. The second-order valence-corrected chi connectivity index (χ2v) is 12.3. The highest BCUT2D eigenvalue weighted by atomic mass is 15.0. The van der Waals surface area contributed by atoms with Gasteiger partial charge in [-0.25, -0.2) is 0 Å². The molecule has 2 aromatic heterocycles. The van der Waals surface area contributed by atoms with E-state index in [4.69, 9.17) is 0 Å². The summed E-state index contributed by atoms with van der Waals surface area (Å²) in [5.74, 6) is 0. The number of hydrogen-bond donors (Lipinski definition) is 0. The van der Waals surface area contributed by atoms with Gasteiger partial charge >= 0.3 is 0 Å². The first kappa shape index (κ1) is 28.8. The Morgan fingerprint density at radius 1 is 0.360 bits per heavy atom. The molecular formula is C45H25N5. The number of rotatable bonds is 4. The van der Waals surface area contributed by atoms with Crippen LogP contribution in [0.25, 0.3) is 77.2 Å². The molecule has 0 fully saturated rings. The molecule has 5 heteroatoms. The number of hydrogen-bond acceptors (Lipinski definition) is 3. The fourth-order valence-corrected chi connectivity index (χ4v) is 7.36. The number of fused-ring (bicyclic) bond motifs is 6. The van der Waals surface area contributed by atoms with Crippen molar-refractivity contribution in [1.82, 2.24) is 9.13 Å². The summed E-state index contributed by atoms with van der Waals surface area (Å²) in [5, 5.41) is 34.0. The summed E-state index contributed by atoms with van der Waals surface area (Å²) in [5.41, 5.74) is 11.6. The molecule has 0 saturated heterocycles. The van der Waals surface area contributed by atoms with Crippen molar-refractivity contribution in [3.63, 3.8) is 0 Å². The maximum Gasteiger partial charge on any atom is 0.101 e. The Morgan fingerprint density at radius 3 is 1.64 bits per heavy atom. The van der Waals surface area contributed by atoms with Crippen LogP contribution in [0.1, 0.15) is 16.7 Å². The molecule has 0 bridgehead atoms. The zero-order chi connectivity index (χ0) is 33.8. The summed E-state index contributed by atoms with van der Waals surface area (Å²) in [7, 11) is 0. The van der Waals surface area contributed by atoms with Gasteiger partial charge in [-0.3, -0.25) is 0 Å². The second kappa shape index (κ2) is 11.4. The molecule has 0 unspecified atom stereocenters. The minimum Gasteiger partial charge on any atom is -0.309 e. The minimum atomic E-state index is 0.574. The number of nitriles is 3. The van der Waals surface area contributed by atoms with Gasteiger partial charge in [0, 0.05) is 27.1 Å². The van der Waals surface area contributed by atoms with Crippen molar-refractivity contribution in [2.75, 3.05) is 0 Å². The highest BCUT2D eigenvalue weighted by Crippen LogP contribution is 2.38. The highest BCUT2D eigenvalue weighted by molar-refractivity contribution is 6.11. The summed E-state index contributed by atoms with van der Waals surface area (Å²) in [6.07, 6.45) is 0. The lowest BCUT2D eigenvalue weighted by atomic mass is 9.97. The maximum atomic E-state index is 10.4. The average Bonchev–Trinajstić information content (AvgIpc) is 3.69. The van der Waals surface area contributed by atoms with Crippen LogP contribution in [-0.4, -0.2) is 9.13 Å². The van der Waals surface area contributed by atoms with Gasteiger partial charge in [0.2, 0.25) is 0 Å². The van der Waals surface area contributed by atoms with E-state index in [2.05, 4.69) is 94.1 Å². The molecule has 7 aromatic carbocycles. The summed E-state index contributed by atoms with van der Waals surface area (Å²) in [4.78, 5) is 0. The topological polar surface area (TPSA) is 81.2 Å². The van der Waals surface area contributed by atoms with Crippen LogP contribution in [0.3, 0.4) is 0 Å². The molecule has 0 saturated carbocycles. The van der Waals surface area contributed by atoms with E-state index in [9.17, 15) is 15.8 Å². The number of benzene rings is 7. The first-order chi connectivity index (χ1) is 24.7. The van der Waals surface area contributed by atoms with Crippen LogP contribution in [0.2, 0.25) is 0 Å². The lowest BCUT2D eigenvalue weighted by molar-refractivity contribution is 1.17. The summed E-state index contributed by atoms with van der Waals surface area (Å²) >= 11 is 0. The predicted molar refractivity (Wildman–Crippen MR) is 200 cm³/mol. The van der Waals surface area contributed by atoms with Gasteiger partial charge in [-0.15, -0.1) is 0 Å². The smallest absolute Gasteiger partial charge is 0.101 e. The van der Waals surface area contributed by atoms with Gasteiger partial charge in [-0.1, -0.05) is 91.0 Å². The largest absolute Gasteiger partial charge is 0.309 e. The Morgan fingerprint density at radius 2 is 0.920 bits per heavy atom. The van der Waals surface area contributed by atoms with Crippen molar-refractivity contribution in [2.45, 2.75) is 0 Å². The third-order valence-electron chi connectivity index (χ3n) is 9.64. The van der Waals surface area contributed by atoms with E-state index in [1.165, 1.54) is 0 Å². The number of aromatic nitrogens is 2. The average molecular weight is 636 g/mol. The van der Waals surface area contributed by atoms with Crippen LogP contribution < -0.4 is 0 Å². The lowest BCUT2D eigenvalue weighted by Crippen LogP contribution is -1.98. The van der Waals surface area contributed by atoms with Crippen LogP contribution in [0.15, 0.2) is 152 Å². The molecule has 9 aromatic rings. The van der Waals surface area contributed by atoms with E-state index in [-0.39, 0.29) is 0 Å². The summed E-state index contributed by atoms with van der Waals surface area (Å²) in [6.45, 7) is 0. The van der Waals surface area contributed by atoms with Crippen molar-refractivity contribution in [2.24, 2.45) is 0 Å². The van der Waals surface area contributed by atoms with E-state index >= 15 is 0 Å². The molecule has 0 radical (unpaired) electrons. The van der Waals surface area contributed by atoms with Gasteiger partial charge in [-0.2, -0.15) is 15.8 Å². The second-order valence-electron chi connectivity index (χ2n) is 12.3. The predicted octanol–water partition coefficient (Wildman–Crippen LogP) is 10.8. The van der Waals surface area contributed by atoms with Crippen molar-refractivity contribution in [1.29, 1.82) is 15.8 Å². The fourth-order valence-electron chi connectivity index (χ4n) is 7.36. The van der Waals surface area contributed by atoms with Gasteiger partial charge < -0.3 is 9.13 Å². The van der Waals surface area contributed by atoms with E-state index in [1.807, 2.05) is 84.9 Å². The standard InChI is InChI=1S/C45H25N5/c46-26-29-14-21-44-39(23-29)38-20-13-30(27-47)24-45(38)50(44)41-10-4-1-7-35(41)32-17-15-31(16-18-32)33-19-22-40(34(25-33)28-48)49-42-11-5-2-8-36(42)37-9-3-6-12-43(37)49/h1-25H. The van der Waals surface area contributed by atoms with Crippen LogP contribution in [-0.2, 0) is 0 Å². The van der Waals surface area contributed by atoms with Crippen LogP contribution in [0.5, 0.6) is 0 Å². The molecular weight excluding hydrogens is 611 g/mol. The Labute approximate surface area is 287 Å². The lowest BCUT2D eigenvalue weighted by Gasteiger charge is -2.15. The number of nitrogens with zero attached hydrogens (tertiary/aromatic N) is 5. The molecule has 5 nitrogen and oxygen atoms in total. The van der Waals surface area contributed by atoms with Gasteiger partial charge in [0.15, 0.2) is 0 Å². The molecule has 0 aliphatic rings. The van der Waals surface area contributed by atoms with Crippen molar-refractivity contribution in [3.8, 4) is 51.8 Å². The molecule has 230 valence electrons. The maximum absolute atomic E-state index is 10.4. The zero-order valence-electron chi connectivity index (χ0n) is 26.7. The van der Waals surface area contributed by atoms with Crippen LogP contribution >= 0.6 is 0 Å². The first-order valence-corrected chi connectivity index (χ1v) is 16.3. The fraction of sp³-hybridized carbons (Fsp3) is 0. The molecule has 9 rings (SSSR count). The van der Waals surface area contributed by atoms with Crippen LogP contribution in [0.4, 0.5) is 0 Å². The molecule has 0 aliphatic heterocycles. The molecule has 2 heterocycles. The Kier molecular flexibility index (Phi) is 6.56. The van der Waals surface area contributed by atoms with Gasteiger partial charge in [0.25, 0.3) is 0 Å². The van der Waals surface area contributed by atoms with Gasteiger partial charge in [-0.05, 0) is 77.4 Å². The Bertz CT molecular complexity index is 2900. The quantitative estimate of drug-likeness (QED) is 0.193. The third kappa shape index (κ3) is 4.38. The third-order valence-corrected chi connectivity index (χ3v) is 9.64. The van der Waals surface area contributed by atoms with Gasteiger partial charge in [0.1, 0.15) is 6.07 Å². The highest BCUT2D eigenvalue weighted by Gasteiger charge is 2.18. The Balaban J connectivity index is 1.14. The van der Waals surface area contributed by atoms with Crippen molar-refractivity contribution >= 4 is 43.6 Å². The molecule has 0 amide bonds. The molecule has 0 aliphatic carbocycles. The van der Waals surface area contributed by atoms with Crippen LogP contribution in [0, 0.1) is 34.0 Å². The van der Waals surface area contributed by atoms with Crippen molar-refractivity contribution in [3.05, 3.63) is 168 Å². The van der Waals surface area contributed by atoms with E-state index in [0.29, 0.717) is 16.7 Å². The number of para-hydroxylation sites is 3. The minimum absolute atomic E-state index is 0.574. The molecule has 0 atom stereocenters. The monoisotopic (exact) mass is 635 g/mol. The normalized spacial score (nSPS) is 11.1. The van der Waals surface area contributed by atoms with E-state index < -0.39 is 0 Å². The Hall–Kier alpha value is -7.39. The summed E-state index contributed by atoms with van der Waals surface area (Å²) < 4.78 is 4.37. The van der Waals surface area contributed by atoms with E-state index in [1.54, 1.807) is 0 Å². The zero-order valence-corrected chi connectivity index (χ0v) is 26.7. The first-order valence-electron chi connectivity index (χ1n) is 16.3.